The van der Waals surface area contributed by atoms with Gasteiger partial charge in [-0.25, -0.2) is 0 Å². The molecular formula is C15H22N2O. The number of amides is 1. The van der Waals surface area contributed by atoms with E-state index < -0.39 is 0 Å². The second kappa shape index (κ2) is 5.89. The highest BCUT2D eigenvalue weighted by atomic mass is 16.2. The van der Waals surface area contributed by atoms with E-state index in [9.17, 15) is 4.79 Å². The Kier molecular flexibility index (Phi) is 4.24. The normalized spacial score (nSPS) is 15.0. The lowest BCUT2D eigenvalue weighted by molar-refractivity contribution is 0.0653. The summed E-state index contributed by atoms with van der Waals surface area (Å²) in [4.78, 5) is 14.3. The molecule has 0 radical (unpaired) electrons. The molecule has 0 atom stereocenters. The molecule has 1 fully saturated rings. The van der Waals surface area contributed by atoms with Gasteiger partial charge < -0.3 is 10.2 Å². The van der Waals surface area contributed by atoms with E-state index in [1.54, 1.807) is 0 Å². The molecule has 2 rings (SSSR count). The molecule has 1 aromatic carbocycles. The van der Waals surface area contributed by atoms with Crippen LogP contribution in [0.2, 0.25) is 0 Å². The maximum atomic E-state index is 12.4. The Morgan fingerprint density at radius 2 is 2.11 bits per heavy atom. The summed E-state index contributed by atoms with van der Waals surface area (Å²) in [6, 6.07) is 8.24. The average molecular weight is 246 g/mol. The number of para-hydroxylation sites is 1. The third-order valence-electron chi connectivity index (χ3n) is 3.67. The van der Waals surface area contributed by atoms with Crippen molar-refractivity contribution in [1.29, 1.82) is 0 Å². The van der Waals surface area contributed by atoms with Gasteiger partial charge in [0.05, 0.1) is 5.56 Å². The van der Waals surface area contributed by atoms with Crippen molar-refractivity contribution < 1.29 is 4.79 Å². The molecule has 1 aliphatic rings. The van der Waals surface area contributed by atoms with E-state index in [0.717, 1.165) is 37.1 Å². The number of hydrogen-bond acceptors (Lipinski definition) is 2. The minimum atomic E-state index is 0.138. The van der Waals surface area contributed by atoms with Gasteiger partial charge in [-0.2, -0.15) is 0 Å². The summed E-state index contributed by atoms with van der Waals surface area (Å²) in [7, 11) is 1.92. The Morgan fingerprint density at radius 1 is 1.39 bits per heavy atom. The van der Waals surface area contributed by atoms with Gasteiger partial charge in [0.2, 0.25) is 0 Å². The van der Waals surface area contributed by atoms with E-state index in [1.807, 2.05) is 36.2 Å². The molecule has 0 unspecified atom stereocenters. The van der Waals surface area contributed by atoms with Crippen molar-refractivity contribution in [3.05, 3.63) is 29.8 Å². The third kappa shape index (κ3) is 2.66. The first kappa shape index (κ1) is 12.9. The second-order valence-corrected chi connectivity index (χ2v) is 4.97. The van der Waals surface area contributed by atoms with Crippen molar-refractivity contribution in [2.45, 2.75) is 38.6 Å². The van der Waals surface area contributed by atoms with Crippen molar-refractivity contribution in [2.24, 2.45) is 0 Å². The van der Waals surface area contributed by atoms with Gasteiger partial charge in [0.1, 0.15) is 0 Å². The summed E-state index contributed by atoms with van der Waals surface area (Å²) in [6.07, 6.45) is 4.60. The minimum absolute atomic E-state index is 0.138. The molecule has 0 aliphatic heterocycles. The van der Waals surface area contributed by atoms with Gasteiger partial charge in [-0.05, 0) is 37.8 Å². The van der Waals surface area contributed by atoms with E-state index in [1.165, 1.54) is 6.42 Å². The number of rotatable bonds is 5. The molecule has 1 saturated carbocycles. The van der Waals surface area contributed by atoms with Gasteiger partial charge in [0.25, 0.3) is 5.91 Å². The molecule has 3 heteroatoms. The fraction of sp³-hybridized carbons (Fsp3) is 0.533. The molecular weight excluding hydrogens is 224 g/mol. The molecule has 98 valence electrons. The zero-order chi connectivity index (χ0) is 13.0. The van der Waals surface area contributed by atoms with E-state index in [4.69, 9.17) is 0 Å². The number of carbonyl (C=O) groups is 1. The Bertz CT molecular complexity index is 413. The zero-order valence-electron chi connectivity index (χ0n) is 11.3. The summed E-state index contributed by atoms with van der Waals surface area (Å²) < 4.78 is 0. The first-order valence-corrected chi connectivity index (χ1v) is 6.84. The molecule has 1 N–H and O–H groups in total. The van der Waals surface area contributed by atoms with Crippen LogP contribution in [0, 0.1) is 0 Å². The van der Waals surface area contributed by atoms with Crippen molar-refractivity contribution in [3.8, 4) is 0 Å². The Morgan fingerprint density at radius 3 is 2.72 bits per heavy atom. The molecule has 0 heterocycles. The molecule has 0 bridgehead atoms. The van der Waals surface area contributed by atoms with Gasteiger partial charge in [-0.3, -0.25) is 4.79 Å². The summed E-state index contributed by atoms with van der Waals surface area (Å²) in [6.45, 7) is 3.02. The van der Waals surface area contributed by atoms with Gasteiger partial charge in [0.15, 0.2) is 0 Å². The number of anilines is 1. The molecule has 1 amide bonds. The van der Waals surface area contributed by atoms with Crippen LogP contribution in [0.3, 0.4) is 0 Å². The lowest BCUT2D eigenvalue weighted by Gasteiger charge is -2.35. The topological polar surface area (TPSA) is 32.3 Å². The number of hydrogen-bond donors (Lipinski definition) is 1. The number of benzene rings is 1. The fourth-order valence-corrected chi connectivity index (χ4v) is 2.21. The lowest BCUT2D eigenvalue weighted by atomic mass is 9.91. The van der Waals surface area contributed by atoms with E-state index >= 15 is 0 Å². The van der Waals surface area contributed by atoms with Crippen molar-refractivity contribution in [3.63, 3.8) is 0 Å². The highest BCUT2D eigenvalue weighted by Crippen LogP contribution is 2.26. The monoisotopic (exact) mass is 246 g/mol. The Balaban J connectivity index is 2.12. The minimum Gasteiger partial charge on any atom is -0.384 e. The van der Waals surface area contributed by atoms with Crippen LogP contribution in [0.4, 0.5) is 5.69 Å². The summed E-state index contributed by atoms with van der Waals surface area (Å²) in [5.41, 5.74) is 1.75. The highest BCUT2D eigenvalue weighted by molar-refractivity contribution is 5.99. The van der Waals surface area contributed by atoms with Crippen molar-refractivity contribution >= 4 is 11.6 Å². The fourth-order valence-electron chi connectivity index (χ4n) is 2.21. The van der Waals surface area contributed by atoms with Gasteiger partial charge >= 0.3 is 0 Å². The average Bonchev–Trinajstić information content (AvgIpc) is 2.33. The van der Waals surface area contributed by atoms with Crippen LogP contribution < -0.4 is 5.32 Å². The van der Waals surface area contributed by atoms with Crippen molar-refractivity contribution in [2.75, 3.05) is 18.9 Å². The maximum absolute atomic E-state index is 12.4. The van der Waals surface area contributed by atoms with Gasteiger partial charge in [0, 0.05) is 25.3 Å². The summed E-state index contributed by atoms with van der Waals surface area (Å²) in [5.74, 6) is 0.138. The van der Waals surface area contributed by atoms with Crippen LogP contribution in [0.1, 0.15) is 43.0 Å². The Hall–Kier alpha value is -1.51. The molecule has 0 spiro atoms. The highest BCUT2D eigenvalue weighted by Gasteiger charge is 2.27. The SMILES string of the molecule is CCCNc1ccccc1C(=O)N(C)C1CCC1. The van der Waals surface area contributed by atoms with Gasteiger partial charge in [-0.1, -0.05) is 19.1 Å². The lowest BCUT2D eigenvalue weighted by Crippen LogP contribution is -2.41. The summed E-state index contributed by atoms with van der Waals surface area (Å²) in [5, 5.41) is 3.33. The molecule has 0 saturated heterocycles. The standard InChI is InChI=1S/C15H22N2O/c1-3-11-16-14-10-5-4-9-13(14)15(18)17(2)12-7-6-8-12/h4-5,9-10,12,16H,3,6-8,11H2,1-2H3. The number of nitrogens with zero attached hydrogens (tertiary/aromatic N) is 1. The third-order valence-corrected chi connectivity index (χ3v) is 3.67. The first-order chi connectivity index (χ1) is 8.74. The van der Waals surface area contributed by atoms with Gasteiger partial charge in [-0.15, -0.1) is 0 Å². The van der Waals surface area contributed by atoms with Crippen molar-refractivity contribution in [1.82, 2.24) is 4.90 Å². The number of carbonyl (C=O) groups excluding carboxylic acids is 1. The smallest absolute Gasteiger partial charge is 0.255 e. The van der Waals surface area contributed by atoms with Crippen LogP contribution in [0.15, 0.2) is 24.3 Å². The van der Waals surface area contributed by atoms with E-state index in [0.29, 0.717) is 6.04 Å². The molecule has 1 aromatic rings. The number of nitrogens with one attached hydrogen (secondary N) is 1. The van der Waals surface area contributed by atoms with E-state index in [2.05, 4.69) is 12.2 Å². The van der Waals surface area contributed by atoms with Crippen LogP contribution >= 0.6 is 0 Å². The summed E-state index contributed by atoms with van der Waals surface area (Å²) >= 11 is 0. The van der Waals surface area contributed by atoms with E-state index in [-0.39, 0.29) is 5.91 Å². The Labute approximate surface area is 109 Å². The first-order valence-electron chi connectivity index (χ1n) is 6.84. The second-order valence-electron chi connectivity index (χ2n) is 4.97. The predicted molar refractivity (Wildman–Crippen MR) is 75.0 cm³/mol. The van der Waals surface area contributed by atoms with Crippen LogP contribution in [0.5, 0.6) is 0 Å². The van der Waals surface area contributed by atoms with Crippen LogP contribution in [-0.2, 0) is 0 Å². The van der Waals surface area contributed by atoms with Crippen LogP contribution in [0.25, 0.3) is 0 Å². The van der Waals surface area contributed by atoms with Crippen LogP contribution in [-0.4, -0.2) is 30.4 Å². The largest absolute Gasteiger partial charge is 0.384 e. The predicted octanol–water partition coefficient (Wildman–Crippen LogP) is 3.13. The zero-order valence-corrected chi connectivity index (χ0v) is 11.3. The quantitative estimate of drug-likeness (QED) is 0.865. The molecule has 0 aromatic heterocycles. The maximum Gasteiger partial charge on any atom is 0.255 e. The molecule has 1 aliphatic carbocycles. The molecule has 18 heavy (non-hydrogen) atoms. The molecule has 3 nitrogen and oxygen atoms in total.